The zero-order valence-electron chi connectivity index (χ0n) is 18.2. The lowest BCUT2D eigenvalue weighted by molar-refractivity contribution is -0.120. The number of amides is 1. The van der Waals surface area contributed by atoms with E-state index in [0.717, 1.165) is 23.2 Å². The topological polar surface area (TPSA) is 69.5 Å². The van der Waals surface area contributed by atoms with Crippen LogP contribution in [0.25, 0.3) is 10.2 Å². The summed E-state index contributed by atoms with van der Waals surface area (Å²) in [7, 11) is 1.59. The van der Waals surface area contributed by atoms with Crippen LogP contribution in [0.2, 0.25) is 5.02 Å². The van der Waals surface area contributed by atoms with E-state index in [4.69, 9.17) is 21.1 Å². The fraction of sp³-hybridized carbons (Fsp3) is 0.261. The maximum Gasteiger partial charge on any atom is 0.266 e. The molecular weight excluding hydrogens is 483 g/mol. The van der Waals surface area contributed by atoms with Crippen LogP contribution >= 0.6 is 35.3 Å². The van der Waals surface area contributed by atoms with Crippen LogP contribution in [0.1, 0.15) is 12.0 Å². The van der Waals surface area contributed by atoms with Crippen molar-refractivity contribution in [3.63, 3.8) is 0 Å². The molecule has 0 saturated carbocycles. The Morgan fingerprint density at radius 1 is 1.21 bits per heavy atom. The van der Waals surface area contributed by atoms with Gasteiger partial charge in [0.15, 0.2) is 11.7 Å². The number of fused-ring (bicyclic) bond motifs is 1. The molecule has 0 atom stereocenters. The van der Waals surface area contributed by atoms with Gasteiger partial charge in [-0.2, -0.15) is 0 Å². The van der Waals surface area contributed by atoms with Crippen LogP contribution in [0, 0.1) is 6.92 Å². The van der Waals surface area contributed by atoms with Crippen molar-refractivity contribution in [1.82, 2.24) is 14.5 Å². The Morgan fingerprint density at radius 2 is 2.00 bits per heavy atom. The normalized spacial score (nSPS) is 10.6. The van der Waals surface area contributed by atoms with Crippen molar-refractivity contribution in [2.75, 3.05) is 25.2 Å². The predicted molar refractivity (Wildman–Crippen MR) is 134 cm³/mol. The Hall–Kier alpha value is -2.81. The maximum absolute atomic E-state index is 13.2. The molecule has 1 amide bonds. The number of methoxy groups -OCH3 is 1. The Bertz CT molecular complexity index is 1200. The molecule has 7 nitrogen and oxygen atoms in total. The van der Waals surface area contributed by atoms with E-state index >= 15 is 0 Å². The number of hydrogen-bond acceptors (Lipinski definition) is 6. The summed E-state index contributed by atoms with van der Waals surface area (Å²) in [6.07, 6.45) is 6.12. The second-order valence-electron chi connectivity index (χ2n) is 7.22. The highest BCUT2D eigenvalue weighted by molar-refractivity contribution is 7.23. The van der Waals surface area contributed by atoms with Gasteiger partial charge < -0.3 is 14.0 Å². The van der Waals surface area contributed by atoms with Crippen LogP contribution in [0.4, 0.5) is 5.13 Å². The van der Waals surface area contributed by atoms with Crippen molar-refractivity contribution in [2.24, 2.45) is 0 Å². The van der Waals surface area contributed by atoms with Crippen LogP contribution in [0.5, 0.6) is 11.5 Å². The van der Waals surface area contributed by atoms with Gasteiger partial charge in [-0.15, -0.1) is 12.4 Å². The number of aryl methyl sites for hydroxylation is 2. The van der Waals surface area contributed by atoms with E-state index < -0.39 is 0 Å². The van der Waals surface area contributed by atoms with E-state index in [1.807, 2.05) is 42.0 Å². The van der Waals surface area contributed by atoms with E-state index in [1.54, 1.807) is 36.7 Å². The van der Waals surface area contributed by atoms with Crippen molar-refractivity contribution in [1.29, 1.82) is 0 Å². The number of ether oxygens (including phenoxy) is 2. The van der Waals surface area contributed by atoms with Gasteiger partial charge in [0.2, 0.25) is 0 Å². The number of carbonyl (C=O) groups excluding carboxylic acids is 1. The number of aromatic nitrogens is 3. The summed E-state index contributed by atoms with van der Waals surface area (Å²) in [5.41, 5.74) is 1.77. The highest BCUT2D eigenvalue weighted by atomic mass is 35.5. The molecule has 0 fully saturated rings. The number of benzene rings is 2. The lowest BCUT2D eigenvalue weighted by Crippen LogP contribution is -2.36. The summed E-state index contributed by atoms with van der Waals surface area (Å²) in [6.45, 7) is 3.13. The van der Waals surface area contributed by atoms with E-state index in [0.29, 0.717) is 33.7 Å². The first-order valence-corrected chi connectivity index (χ1v) is 11.3. The average Bonchev–Trinajstić information content (AvgIpc) is 3.47. The minimum Gasteiger partial charge on any atom is -0.494 e. The third kappa shape index (κ3) is 5.96. The lowest BCUT2D eigenvalue weighted by Gasteiger charge is -2.20. The Kier molecular flexibility index (Phi) is 8.55. The van der Waals surface area contributed by atoms with E-state index in [9.17, 15) is 4.79 Å². The molecule has 10 heteroatoms. The monoisotopic (exact) mass is 506 g/mol. The summed E-state index contributed by atoms with van der Waals surface area (Å²) < 4.78 is 13.9. The molecule has 4 rings (SSSR count). The van der Waals surface area contributed by atoms with Gasteiger partial charge in [-0.05, 0) is 37.6 Å². The van der Waals surface area contributed by atoms with Gasteiger partial charge in [-0.25, -0.2) is 9.97 Å². The summed E-state index contributed by atoms with van der Waals surface area (Å²) in [5.74, 6) is 1.09. The first kappa shape index (κ1) is 24.8. The number of rotatable bonds is 9. The molecule has 0 saturated heterocycles. The Morgan fingerprint density at radius 3 is 2.70 bits per heavy atom. The highest BCUT2D eigenvalue weighted by Gasteiger charge is 2.22. The van der Waals surface area contributed by atoms with E-state index in [1.165, 1.54) is 11.3 Å². The Labute approximate surface area is 207 Å². The highest BCUT2D eigenvalue weighted by Crippen LogP contribution is 2.38. The van der Waals surface area contributed by atoms with Crippen LogP contribution in [-0.2, 0) is 11.3 Å². The molecule has 4 aromatic rings. The Balaban J connectivity index is 0.00000306. The average molecular weight is 507 g/mol. The molecule has 33 heavy (non-hydrogen) atoms. The molecule has 0 aliphatic carbocycles. The third-order valence-corrected chi connectivity index (χ3v) is 6.48. The molecule has 174 valence electrons. The molecule has 0 spiro atoms. The number of nitrogens with zero attached hydrogens (tertiary/aromatic N) is 4. The molecule has 2 aromatic carbocycles. The minimum absolute atomic E-state index is 0. The first-order valence-electron chi connectivity index (χ1n) is 10.1. The molecule has 0 N–H and O–H groups in total. The largest absolute Gasteiger partial charge is 0.494 e. The summed E-state index contributed by atoms with van der Waals surface area (Å²) in [6, 6.07) is 11.2. The number of anilines is 1. The maximum atomic E-state index is 13.2. The lowest BCUT2D eigenvalue weighted by atomic mass is 10.2. The number of imidazole rings is 1. The zero-order valence-corrected chi connectivity index (χ0v) is 20.6. The third-order valence-electron chi connectivity index (χ3n) is 4.94. The van der Waals surface area contributed by atoms with Crippen molar-refractivity contribution in [3.8, 4) is 11.5 Å². The quantitative estimate of drug-likeness (QED) is 0.304. The van der Waals surface area contributed by atoms with Crippen molar-refractivity contribution in [2.45, 2.75) is 19.9 Å². The smallest absolute Gasteiger partial charge is 0.266 e. The first-order chi connectivity index (χ1) is 15.5. The molecule has 0 unspecified atom stereocenters. The van der Waals surface area contributed by atoms with E-state index in [2.05, 4.69) is 9.97 Å². The van der Waals surface area contributed by atoms with Gasteiger partial charge >= 0.3 is 0 Å². The number of thiazole rings is 1. The van der Waals surface area contributed by atoms with Crippen molar-refractivity contribution >= 4 is 56.6 Å². The van der Waals surface area contributed by atoms with E-state index in [-0.39, 0.29) is 24.9 Å². The molecule has 0 radical (unpaired) electrons. The molecule has 0 aliphatic rings. The van der Waals surface area contributed by atoms with Gasteiger partial charge in [-0.1, -0.05) is 40.6 Å². The second-order valence-corrected chi connectivity index (χ2v) is 8.61. The fourth-order valence-electron chi connectivity index (χ4n) is 3.24. The molecular formula is C23H24Cl2N4O3S. The van der Waals surface area contributed by atoms with Crippen LogP contribution in [0.15, 0.2) is 55.1 Å². The minimum atomic E-state index is -0.176. The van der Waals surface area contributed by atoms with Gasteiger partial charge in [0.25, 0.3) is 5.91 Å². The van der Waals surface area contributed by atoms with Crippen LogP contribution in [-0.4, -0.2) is 40.7 Å². The summed E-state index contributed by atoms with van der Waals surface area (Å²) in [4.78, 5) is 23.6. The molecule has 0 bridgehead atoms. The van der Waals surface area contributed by atoms with Crippen molar-refractivity contribution < 1.29 is 14.3 Å². The number of carbonyl (C=O) groups is 1. The predicted octanol–water partition coefficient (Wildman–Crippen LogP) is 5.39. The van der Waals surface area contributed by atoms with Crippen LogP contribution < -0.4 is 14.4 Å². The number of hydrogen-bond donors (Lipinski definition) is 0. The molecule has 0 aliphatic heterocycles. The van der Waals surface area contributed by atoms with Gasteiger partial charge in [-0.3, -0.25) is 9.69 Å². The molecule has 2 heterocycles. The number of halogens is 2. The molecule has 2 aromatic heterocycles. The van der Waals surface area contributed by atoms with Crippen molar-refractivity contribution in [3.05, 3.63) is 65.7 Å². The summed E-state index contributed by atoms with van der Waals surface area (Å²) >= 11 is 7.75. The van der Waals surface area contributed by atoms with Gasteiger partial charge in [0, 0.05) is 25.5 Å². The fourth-order valence-corrected chi connectivity index (χ4v) is 4.54. The SMILES string of the molecule is COc1ccc(Cl)c2sc(N(CCCn3ccnc3)C(=O)COc3ccc(C)cc3)nc12.Cl. The summed E-state index contributed by atoms with van der Waals surface area (Å²) in [5, 5.41) is 1.14. The van der Waals surface area contributed by atoms with Crippen LogP contribution in [0.3, 0.4) is 0 Å². The zero-order chi connectivity index (χ0) is 22.5. The second kappa shape index (κ2) is 11.4. The van der Waals surface area contributed by atoms with Gasteiger partial charge in [0.05, 0.1) is 23.2 Å². The standard InChI is InChI=1S/C23H23ClN4O3S.ClH/c1-16-4-6-17(7-5-16)31-14-20(29)28(12-3-11-27-13-10-25-15-27)23-26-21-19(30-2)9-8-18(24)22(21)32-23;/h4-10,13,15H,3,11-12,14H2,1-2H3;1H. The van der Waals surface area contributed by atoms with Gasteiger partial charge in [0.1, 0.15) is 17.0 Å².